The van der Waals surface area contributed by atoms with Crippen molar-refractivity contribution in [3.8, 4) is 5.75 Å². The zero-order valence-corrected chi connectivity index (χ0v) is 10.5. The van der Waals surface area contributed by atoms with Crippen LogP contribution in [0.2, 0.25) is 0 Å². The average molecular weight is 256 g/mol. The van der Waals surface area contributed by atoms with Crippen LogP contribution in [0.4, 0.5) is 5.69 Å². The number of nitro benzene ring substituents is 1. The van der Waals surface area contributed by atoms with Gasteiger partial charge in [-0.2, -0.15) is 11.8 Å². The predicted molar refractivity (Wildman–Crippen MR) is 69.5 cm³/mol. The van der Waals surface area contributed by atoms with Crippen LogP contribution in [0.15, 0.2) is 18.2 Å². The van der Waals surface area contributed by atoms with E-state index in [1.165, 1.54) is 6.07 Å². The Kier molecular flexibility index (Phi) is 5.79. The van der Waals surface area contributed by atoms with Crippen LogP contribution in [0, 0.1) is 10.1 Å². The van der Waals surface area contributed by atoms with Gasteiger partial charge in [0.15, 0.2) is 0 Å². The molecule has 0 bridgehead atoms. The third kappa shape index (κ3) is 4.24. The molecule has 2 N–H and O–H groups in total. The molecule has 0 saturated heterocycles. The number of thioether (sulfide) groups is 1. The van der Waals surface area contributed by atoms with Gasteiger partial charge in [-0.3, -0.25) is 10.1 Å². The molecule has 1 rings (SSSR count). The molecule has 6 heteroatoms. The number of hydrogen-bond acceptors (Lipinski definition) is 5. The number of methoxy groups -OCH3 is 1. The highest BCUT2D eigenvalue weighted by Gasteiger charge is 2.10. The number of nitro groups is 1. The second-order valence-electron chi connectivity index (χ2n) is 3.45. The van der Waals surface area contributed by atoms with Gasteiger partial charge in [0.25, 0.3) is 5.69 Å². The molecule has 0 atom stereocenters. The van der Waals surface area contributed by atoms with Gasteiger partial charge in [0.2, 0.25) is 0 Å². The van der Waals surface area contributed by atoms with E-state index in [0.29, 0.717) is 18.0 Å². The summed E-state index contributed by atoms with van der Waals surface area (Å²) in [7, 11) is 1.56. The second-order valence-corrected chi connectivity index (χ2v) is 4.55. The van der Waals surface area contributed by atoms with E-state index in [4.69, 9.17) is 10.5 Å². The summed E-state index contributed by atoms with van der Waals surface area (Å²) in [5.41, 5.74) is 6.35. The van der Waals surface area contributed by atoms with Crippen molar-refractivity contribution < 1.29 is 9.66 Å². The molecule has 5 nitrogen and oxygen atoms in total. The largest absolute Gasteiger partial charge is 0.496 e. The Morgan fingerprint density at radius 3 is 2.88 bits per heavy atom. The average Bonchev–Trinajstić information content (AvgIpc) is 2.34. The maximum Gasteiger partial charge on any atom is 0.270 e. The Morgan fingerprint density at radius 1 is 1.53 bits per heavy atom. The molecule has 0 aliphatic rings. The normalized spacial score (nSPS) is 10.2. The molecule has 0 fully saturated rings. The Balaban J connectivity index is 2.72. The maximum absolute atomic E-state index is 10.7. The van der Waals surface area contributed by atoms with Crippen LogP contribution < -0.4 is 10.5 Å². The topological polar surface area (TPSA) is 78.4 Å². The standard InChI is InChI=1S/C11H16N2O3S/c1-16-11-4-3-10(13(14)15)7-9(11)8-17-6-2-5-12/h3-4,7H,2,5-6,8,12H2,1H3. The van der Waals surface area contributed by atoms with Crippen LogP contribution >= 0.6 is 11.8 Å². The number of rotatable bonds is 7. The molecule has 0 saturated carbocycles. The highest BCUT2D eigenvalue weighted by atomic mass is 32.2. The number of benzene rings is 1. The molecule has 1 aromatic rings. The summed E-state index contributed by atoms with van der Waals surface area (Å²) >= 11 is 1.70. The van der Waals surface area contributed by atoms with Crippen LogP contribution in [0.25, 0.3) is 0 Å². The molecule has 0 aromatic heterocycles. The fourth-order valence-corrected chi connectivity index (χ4v) is 2.32. The molecule has 0 unspecified atom stereocenters. The summed E-state index contributed by atoms with van der Waals surface area (Å²) in [5, 5.41) is 10.7. The molecule has 1 aromatic carbocycles. The zero-order valence-electron chi connectivity index (χ0n) is 9.72. The molecular weight excluding hydrogens is 240 g/mol. The van der Waals surface area contributed by atoms with Crippen molar-refractivity contribution in [2.24, 2.45) is 5.73 Å². The molecule has 94 valence electrons. The van der Waals surface area contributed by atoms with Gasteiger partial charge in [-0.05, 0) is 24.8 Å². The van der Waals surface area contributed by atoms with Gasteiger partial charge in [-0.15, -0.1) is 0 Å². The Bertz CT molecular complexity index is 385. The van der Waals surface area contributed by atoms with E-state index in [-0.39, 0.29) is 5.69 Å². The van der Waals surface area contributed by atoms with Crippen LogP contribution in [-0.2, 0) is 5.75 Å². The number of nitrogens with two attached hydrogens (primary N) is 1. The van der Waals surface area contributed by atoms with Gasteiger partial charge in [0, 0.05) is 23.4 Å². The molecule has 0 aliphatic heterocycles. The lowest BCUT2D eigenvalue weighted by Crippen LogP contribution is -2.00. The van der Waals surface area contributed by atoms with Crippen molar-refractivity contribution >= 4 is 17.4 Å². The smallest absolute Gasteiger partial charge is 0.270 e. The van der Waals surface area contributed by atoms with Gasteiger partial charge in [-0.25, -0.2) is 0 Å². The quantitative estimate of drug-likeness (QED) is 0.459. The lowest BCUT2D eigenvalue weighted by Gasteiger charge is -2.07. The first-order chi connectivity index (χ1) is 8.19. The molecule has 0 radical (unpaired) electrons. The van der Waals surface area contributed by atoms with Crippen molar-refractivity contribution in [1.82, 2.24) is 0 Å². The predicted octanol–water partition coefficient (Wildman–Crippen LogP) is 2.19. The Morgan fingerprint density at radius 2 is 2.29 bits per heavy atom. The van der Waals surface area contributed by atoms with E-state index in [0.717, 1.165) is 17.7 Å². The molecule has 0 heterocycles. The van der Waals surface area contributed by atoms with Gasteiger partial charge in [-0.1, -0.05) is 0 Å². The van der Waals surface area contributed by atoms with Gasteiger partial charge in [0.1, 0.15) is 5.75 Å². The summed E-state index contributed by atoms with van der Waals surface area (Å²) in [6.07, 6.45) is 0.946. The Hall–Kier alpha value is -1.27. The third-order valence-electron chi connectivity index (χ3n) is 2.23. The van der Waals surface area contributed by atoms with Crippen molar-refractivity contribution in [3.63, 3.8) is 0 Å². The monoisotopic (exact) mass is 256 g/mol. The van der Waals surface area contributed by atoms with E-state index in [2.05, 4.69) is 0 Å². The number of hydrogen-bond donors (Lipinski definition) is 1. The SMILES string of the molecule is COc1ccc([N+](=O)[O-])cc1CSCCCN. The van der Waals surface area contributed by atoms with Crippen LogP contribution in [0.5, 0.6) is 5.75 Å². The highest BCUT2D eigenvalue weighted by molar-refractivity contribution is 7.98. The summed E-state index contributed by atoms with van der Waals surface area (Å²) in [6, 6.07) is 4.65. The molecule has 0 aliphatic carbocycles. The zero-order chi connectivity index (χ0) is 12.7. The van der Waals surface area contributed by atoms with E-state index < -0.39 is 4.92 Å². The summed E-state index contributed by atoms with van der Waals surface area (Å²) < 4.78 is 5.18. The van der Waals surface area contributed by atoms with E-state index in [1.54, 1.807) is 31.0 Å². The molecule has 17 heavy (non-hydrogen) atoms. The van der Waals surface area contributed by atoms with Crippen molar-refractivity contribution in [1.29, 1.82) is 0 Å². The van der Waals surface area contributed by atoms with Gasteiger partial charge < -0.3 is 10.5 Å². The lowest BCUT2D eigenvalue weighted by atomic mass is 10.2. The maximum atomic E-state index is 10.7. The molecular formula is C11H16N2O3S. The van der Waals surface area contributed by atoms with Gasteiger partial charge >= 0.3 is 0 Å². The first kappa shape index (κ1) is 13.8. The van der Waals surface area contributed by atoms with Crippen LogP contribution in [-0.4, -0.2) is 24.3 Å². The summed E-state index contributed by atoms with van der Waals surface area (Å²) in [4.78, 5) is 10.3. The first-order valence-corrected chi connectivity index (χ1v) is 6.43. The number of non-ortho nitro benzene ring substituents is 1. The number of ether oxygens (including phenoxy) is 1. The first-order valence-electron chi connectivity index (χ1n) is 5.28. The summed E-state index contributed by atoms with van der Waals surface area (Å²) in [5.74, 6) is 2.34. The van der Waals surface area contributed by atoms with E-state index in [9.17, 15) is 10.1 Å². The lowest BCUT2D eigenvalue weighted by molar-refractivity contribution is -0.384. The van der Waals surface area contributed by atoms with E-state index in [1.807, 2.05) is 0 Å². The third-order valence-corrected chi connectivity index (χ3v) is 3.32. The van der Waals surface area contributed by atoms with Crippen LogP contribution in [0.3, 0.4) is 0 Å². The second kappa shape index (κ2) is 7.13. The summed E-state index contributed by atoms with van der Waals surface area (Å²) in [6.45, 7) is 0.666. The molecule has 0 amide bonds. The van der Waals surface area contributed by atoms with Crippen molar-refractivity contribution in [2.75, 3.05) is 19.4 Å². The minimum absolute atomic E-state index is 0.0974. The van der Waals surface area contributed by atoms with E-state index >= 15 is 0 Å². The van der Waals surface area contributed by atoms with Gasteiger partial charge in [0.05, 0.1) is 12.0 Å². The minimum Gasteiger partial charge on any atom is -0.496 e. The molecule has 0 spiro atoms. The highest BCUT2D eigenvalue weighted by Crippen LogP contribution is 2.27. The fraction of sp³-hybridized carbons (Fsp3) is 0.455. The van der Waals surface area contributed by atoms with Crippen LogP contribution in [0.1, 0.15) is 12.0 Å². The van der Waals surface area contributed by atoms with Crippen molar-refractivity contribution in [2.45, 2.75) is 12.2 Å². The Labute approximate surface area is 104 Å². The van der Waals surface area contributed by atoms with Crippen molar-refractivity contribution in [3.05, 3.63) is 33.9 Å². The minimum atomic E-state index is -0.395. The fourth-order valence-electron chi connectivity index (χ4n) is 1.36. The number of nitrogens with zero attached hydrogens (tertiary/aromatic N) is 1.